The molecule has 0 radical (unpaired) electrons. The number of carbonyl (C=O) groups is 1. The summed E-state index contributed by atoms with van der Waals surface area (Å²) >= 11 is 0. The van der Waals surface area contributed by atoms with Crippen molar-refractivity contribution < 1.29 is 17.6 Å². The standard InChI is InChI=1S/C21H23FN4O3S/c1-4-25(5-2)30(28,29)19-12-6-16(7-13-19)21(27)23-20-14-15(3)24-26(20)18-10-8-17(22)9-11-18/h6-14H,4-5H2,1-3H3,(H,23,27). The summed E-state index contributed by atoms with van der Waals surface area (Å²) in [4.78, 5) is 12.8. The van der Waals surface area contributed by atoms with Gasteiger partial charge in [-0.25, -0.2) is 17.5 Å². The molecule has 30 heavy (non-hydrogen) atoms. The Morgan fingerprint density at radius 1 is 1.07 bits per heavy atom. The van der Waals surface area contributed by atoms with E-state index in [1.165, 1.54) is 45.4 Å². The van der Waals surface area contributed by atoms with Crippen LogP contribution in [0.25, 0.3) is 5.69 Å². The predicted molar refractivity (Wildman–Crippen MR) is 113 cm³/mol. The van der Waals surface area contributed by atoms with Gasteiger partial charge in [-0.1, -0.05) is 13.8 Å². The van der Waals surface area contributed by atoms with Crippen molar-refractivity contribution in [2.45, 2.75) is 25.7 Å². The largest absolute Gasteiger partial charge is 0.306 e. The summed E-state index contributed by atoms with van der Waals surface area (Å²) in [5.41, 5.74) is 1.58. The molecule has 3 aromatic rings. The Hall–Kier alpha value is -3.04. The van der Waals surface area contributed by atoms with E-state index in [9.17, 15) is 17.6 Å². The summed E-state index contributed by atoms with van der Waals surface area (Å²) in [7, 11) is -3.59. The van der Waals surface area contributed by atoms with Crippen LogP contribution in [-0.2, 0) is 10.0 Å². The van der Waals surface area contributed by atoms with Gasteiger partial charge in [0.1, 0.15) is 11.6 Å². The molecule has 0 spiro atoms. The van der Waals surface area contributed by atoms with Crippen LogP contribution in [0.5, 0.6) is 0 Å². The molecule has 7 nitrogen and oxygen atoms in total. The number of hydrogen-bond donors (Lipinski definition) is 1. The third kappa shape index (κ3) is 4.42. The Morgan fingerprint density at radius 3 is 2.23 bits per heavy atom. The summed E-state index contributed by atoms with van der Waals surface area (Å²) in [5, 5.41) is 7.11. The molecular weight excluding hydrogens is 407 g/mol. The zero-order chi connectivity index (χ0) is 21.9. The molecule has 0 bridgehead atoms. The molecule has 0 atom stereocenters. The average Bonchev–Trinajstić information content (AvgIpc) is 3.09. The van der Waals surface area contributed by atoms with Crippen LogP contribution in [0.1, 0.15) is 29.9 Å². The average molecular weight is 431 g/mol. The lowest BCUT2D eigenvalue weighted by atomic mass is 10.2. The van der Waals surface area contributed by atoms with E-state index in [0.29, 0.717) is 35.9 Å². The molecule has 1 amide bonds. The highest BCUT2D eigenvalue weighted by molar-refractivity contribution is 7.89. The Balaban J connectivity index is 1.83. The first-order valence-corrected chi connectivity index (χ1v) is 10.9. The first-order chi connectivity index (χ1) is 14.3. The van der Waals surface area contributed by atoms with Crippen LogP contribution in [0.3, 0.4) is 0 Å². The van der Waals surface area contributed by atoms with E-state index in [2.05, 4.69) is 10.4 Å². The molecule has 2 aromatic carbocycles. The smallest absolute Gasteiger partial charge is 0.256 e. The molecular formula is C21H23FN4O3S. The fourth-order valence-electron chi connectivity index (χ4n) is 3.05. The minimum absolute atomic E-state index is 0.134. The van der Waals surface area contributed by atoms with E-state index in [1.54, 1.807) is 39.0 Å². The summed E-state index contributed by atoms with van der Waals surface area (Å²) < 4.78 is 41.2. The number of nitrogens with one attached hydrogen (secondary N) is 1. The summed E-state index contributed by atoms with van der Waals surface area (Å²) in [5.74, 6) is -0.359. The first kappa shape index (κ1) is 21.7. The maximum Gasteiger partial charge on any atom is 0.256 e. The Morgan fingerprint density at radius 2 is 1.67 bits per heavy atom. The molecule has 1 heterocycles. The normalized spacial score (nSPS) is 11.6. The van der Waals surface area contributed by atoms with E-state index in [0.717, 1.165) is 0 Å². The number of carbonyl (C=O) groups excluding carboxylic acids is 1. The number of sulfonamides is 1. The number of rotatable bonds is 7. The third-order valence-corrected chi connectivity index (χ3v) is 6.67. The molecule has 0 fully saturated rings. The fraction of sp³-hybridized carbons (Fsp3) is 0.238. The molecule has 1 N–H and O–H groups in total. The highest BCUT2D eigenvalue weighted by Gasteiger charge is 2.22. The number of anilines is 1. The second-order valence-electron chi connectivity index (χ2n) is 6.63. The second kappa shape index (κ2) is 8.76. The monoisotopic (exact) mass is 430 g/mol. The van der Waals surface area contributed by atoms with Crippen molar-refractivity contribution in [2.75, 3.05) is 18.4 Å². The lowest BCUT2D eigenvalue weighted by Crippen LogP contribution is -2.30. The minimum Gasteiger partial charge on any atom is -0.306 e. The molecule has 0 saturated heterocycles. The Labute approximate surface area is 175 Å². The Bertz CT molecular complexity index is 1140. The lowest BCUT2D eigenvalue weighted by Gasteiger charge is -2.18. The molecule has 0 saturated carbocycles. The molecule has 9 heteroatoms. The van der Waals surface area contributed by atoms with Crippen molar-refractivity contribution in [1.82, 2.24) is 14.1 Å². The van der Waals surface area contributed by atoms with Crippen molar-refractivity contribution in [3.63, 3.8) is 0 Å². The maximum atomic E-state index is 13.2. The molecule has 158 valence electrons. The van der Waals surface area contributed by atoms with E-state index in [-0.39, 0.29) is 10.7 Å². The number of halogens is 1. The van der Waals surface area contributed by atoms with Crippen LogP contribution in [0, 0.1) is 12.7 Å². The van der Waals surface area contributed by atoms with Crippen LogP contribution in [0.2, 0.25) is 0 Å². The van der Waals surface area contributed by atoms with Gasteiger partial charge in [0, 0.05) is 24.7 Å². The van der Waals surface area contributed by atoms with Gasteiger partial charge in [0.15, 0.2) is 0 Å². The van der Waals surface area contributed by atoms with Gasteiger partial charge in [-0.15, -0.1) is 0 Å². The molecule has 0 unspecified atom stereocenters. The minimum atomic E-state index is -3.59. The van der Waals surface area contributed by atoms with Gasteiger partial charge in [-0.2, -0.15) is 9.40 Å². The molecule has 0 aliphatic heterocycles. The summed E-state index contributed by atoms with van der Waals surface area (Å²) in [6, 6.07) is 13.2. The van der Waals surface area contributed by atoms with Crippen molar-refractivity contribution >= 4 is 21.7 Å². The number of aryl methyl sites for hydroxylation is 1. The van der Waals surface area contributed by atoms with Gasteiger partial charge >= 0.3 is 0 Å². The topological polar surface area (TPSA) is 84.3 Å². The van der Waals surface area contributed by atoms with E-state index >= 15 is 0 Å². The van der Waals surface area contributed by atoms with Crippen LogP contribution in [0.4, 0.5) is 10.2 Å². The van der Waals surface area contributed by atoms with E-state index < -0.39 is 15.9 Å². The SMILES string of the molecule is CCN(CC)S(=O)(=O)c1ccc(C(=O)Nc2cc(C)nn2-c2ccc(F)cc2)cc1. The van der Waals surface area contributed by atoms with Crippen LogP contribution in [-0.4, -0.2) is 41.5 Å². The van der Waals surface area contributed by atoms with Crippen LogP contribution >= 0.6 is 0 Å². The van der Waals surface area contributed by atoms with Gasteiger partial charge in [-0.3, -0.25) is 4.79 Å². The van der Waals surface area contributed by atoms with Gasteiger partial charge in [0.2, 0.25) is 10.0 Å². The maximum absolute atomic E-state index is 13.2. The van der Waals surface area contributed by atoms with Crippen molar-refractivity contribution in [1.29, 1.82) is 0 Å². The summed E-state index contributed by atoms with van der Waals surface area (Å²) in [6.07, 6.45) is 0. The quantitative estimate of drug-likeness (QED) is 0.621. The van der Waals surface area contributed by atoms with E-state index in [1.807, 2.05) is 0 Å². The van der Waals surface area contributed by atoms with Crippen LogP contribution < -0.4 is 5.32 Å². The number of aromatic nitrogens is 2. The third-order valence-electron chi connectivity index (χ3n) is 4.60. The molecule has 3 rings (SSSR count). The highest BCUT2D eigenvalue weighted by Crippen LogP contribution is 2.20. The Kier molecular flexibility index (Phi) is 6.33. The lowest BCUT2D eigenvalue weighted by molar-refractivity contribution is 0.102. The number of hydrogen-bond acceptors (Lipinski definition) is 4. The highest BCUT2D eigenvalue weighted by atomic mass is 32.2. The van der Waals surface area contributed by atoms with Gasteiger partial charge in [-0.05, 0) is 55.5 Å². The second-order valence-corrected chi connectivity index (χ2v) is 8.56. The van der Waals surface area contributed by atoms with Crippen molar-refractivity contribution in [3.8, 4) is 5.69 Å². The molecule has 0 aliphatic rings. The zero-order valence-corrected chi connectivity index (χ0v) is 17.8. The number of benzene rings is 2. The summed E-state index contributed by atoms with van der Waals surface area (Å²) in [6.45, 7) is 6.06. The molecule has 1 aromatic heterocycles. The van der Waals surface area contributed by atoms with Crippen LogP contribution in [0.15, 0.2) is 59.5 Å². The van der Waals surface area contributed by atoms with Crippen molar-refractivity contribution in [3.05, 3.63) is 71.7 Å². The fourth-order valence-corrected chi connectivity index (χ4v) is 4.50. The predicted octanol–water partition coefficient (Wildman–Crippen LogP) is 3.60. The number of amides is 1. The van der Waals surface area contributed by atoms with Gasteiger partial charge < -0.3 is 5.32 Å². The molecule has 0 aliphatic carbocycles. The van der Waals surface area contributed by atoms with E-state index in [4.69, 9.17) is 0 Å². The zero-order valence-electron chi connectivity index (χ0n) is 17.0. The van der Waals surface area contributed by atoms with Gasteiger partial charge in [0.25, 0.3) is 5.91 Å². The van der Waals surface area contributed by atoms with Gasteiger partial charge in [0.05, 0.1) is 16.3 Å². The number of nitrogens with zero attached hydrogens (tertiary/aromatic N) is 3. The van der Waals surface area contributed by atoms with Crippen molar-refractivity contribution in [2.24, 2.45) is 0 Å². The first-order valence-electron chi connectivity index (χ1n) is 9.50.